The molecule has 29 heavy (non-hydrogen) atoms. The first-order chi connectivity index (χ1) is 14.3. The first kappa shape index (κ1) is 19.0. The Morgan fingerprint density at radius 3 is 1.24 bits per heavy atom. The Bertz CT molecular complexity index is 975. The fourth-order valence-corrected chi connectivity index (χ4v) is 3.84. The summed E-state index contributed by atoms with van der Waals surface area (Å²) in [5.74, 6) is 0.898. The molecule has 0 aliphatic carbocycles. The molecule has 0 heterocycles. The van der Waals surface area contributed by atoms with E-state index in [2.05, 4.69) is 110 Å². The number of ether oxygens (including phenoxy) is 1. The lowest BCUT2D eigenvalue weighted by Crippen LogP contribution is -2.02. The highest BCUT2D eigenvalue weighted by molar-refractivity contribution is 5.49. The highest BCUT2D eigenvalue weighted by Gasteiger charge is 2.13. The molecule has 0 fully saturated rings. The van der Waals surface area contributed by atoms with Crippen LogP contribution in [0.25, 0.3) is 0 Å². The summed E-state index contributed by atoms with van der Waals surface area (Å²) < 4.78 is 5.68. The lowest BCUT2D eigenvalue weighted by molar-refractivity contribution is 0.462. The maximum atomic E-state index is 5.68. The standard InChI is InChI=1S/C28H25O/c1-29-28-26(18-23-13-7-3-8-14-23)20-25(17-22-11-5-2-6-12-22)21-27(28)19-24-15-9-4-10-16-24/h2-16,20-21H,1,17-19H2. The van der Waals surface area contributed by atoms with Crippen molar-refractivity contribution >= 4 is 0 Å². The Balaban J connectivity index is 1.74. The largest absolute Gasteiger partial charge is 0.489 e. The second kappa shape index (κ2) is 9.25. The molecule has 143 valence electrons. The second-order valence-electron chi connectivity index (χ2n) is 7.37. The van der Waals surface area contributed by atoms with Gasteiger partial charge in [0.25, 0.3) is 0 Å². The zero-order valence-corrected chi connectivity index (χ0v) is 16.6. The van der Waals surface area contributed by atoms with Gasteiger partial charge < -0.3 is 4.74 Å². The van der Waals surface area contributed by atoms with Crippen molar-refractivity contribution in [1.29, 1.82) is 0 Å². The lowest BCUT2D eigenvalue weighted by Gasteiger charge is -2.17. The third-order valence-electron chi connectivity index (χ3n) is 5.17. The molecule has 0 saturated heterocycles. The van der Waals surface area contributed by atoms with Gasteiger partial charge in [-0.3, -0.25) is 0 Å². The molecular weight excluding hydrogens is 352 g/mol. The molecule has 0 atom stereocenters. The molecule has 0 aliphatic rings. The summed E-state index contributed by atoms with van der Waals surface area (Å²) in [6, 6.07) is 36.2. The topological polar surface area (TPSA) is 9.23 Å². The van der Waals surface area contributed by atoms with Crippen LogP contribution in [0.1, 0.15) is 33.4 Å². The van der Waals surface area contributed by atoms with Gasteiger partial charge in [0.15, 0.2) is 0 Å². The van der Waals surface area contributed by atoms with E-state index in [9.17, 15) is 0 Å². The van der Waals surface area contributed by atoms with E-state index in [4.69, 9.17) is 4.74 Å². The van der Waals surface area contributed by atoms with Gasteiger partial charge in [-0.2, -0.15) is 0 Å². The fourth-order valence-electron chi connectivity index (χ4n) is 3.84. The van der Waals surface area contributed by atoms with Gasteiger partial charge in [0.05, 0.1) is 0 Å². The molecular formula is C28H25O. The minimum atomic E-state index is 0.829. The molecule has 4 aromatic rings. The predicted octanol–water partition coefficient (Wildman–Crippen LogP) is 6.63. The summed E-state index contributed by atoms with van der Waals surface area (Å²) in [5.41, 5.74) is 7.53. The van der Waals surface area contributed by atoms with Crippen LogP contribution in [0.4, 0.5) is 0 Å². The molecule has 0 unspecified atom stereocenters. The van der Waals surface area contributed by atoms with Crippen molar-refractivity contribution in [3.63, 3.8) is 0 Å². The Kier molecular flexibility index (Phi) is 6.07. The van der Waals surface area contributed by atoms with Crippen molar-refractivity contribution in [1.82, 2.24) is 0 Å². The SMILES string of the molecule is [CH2]Oc1c(Cc2ccccc2)cc(Cc2ccccc2)cc1Cc1ccccc1. The van der Waals surface area contributed by atoms with Gasteiger partial charge in [-0.05, 0) is 39.8 Å². The molecule has 0 saturated carbocycles. The minimum absolute atomic E-state index is 0.829. The summed E-state index contributed by atoms with van der Waals surface area (Å²) in [7, 11) is 3.77. The van der Waals surface area contributed by atoms with Crippen LogP contribution in [0.2, 0.25) is 0 Å². The van der Waals surface area contributed by atoms with Crippen LogP contribution in [0.15, 0.2) is 103 Å². The number of hydrogen-bond acceptors (Lipinski definition) is 1. The van der Waals surface area contributed by atoms with E-state index in [1.807, 2.05) is 0 Å². The molecule has 1 radical (unpaired) electrons. The van der Waals surface area contributed by atoms with Crippen molar-refractivity contribution < 1.29 is 4.74 Å². The normalized spacial score (nSPS) is 10.7. The van der Waals surface area contributed by atoms with Gasteiger partial charge in [0.2, 0.25) is 0 Å². The van der Waals surface area contributed by atoms with E-state index < -0.39 is 0 Å². The first-order valence-electron chi connectivity index (χ1n) is 10.0. The molecule has 0 N–H and O–H groups in total. The highest BCUT2D eigenvalue weighted by Crippen LogP contribution is 2.31. The minimum Gasteiger partial charge on any atom is -0.489 e. The predicted molar refractivity (Wildman–Crippen MR) is 120 cm³/mol. The Hall–Kier alpha value is -3.32. The summed E-state index contributed by atoms with van der Waals surface area (Å²) in [6.45, 7) is 0. The average molecular weight is 378 g/mol. The van der Waals surface area contributed by atoms with E-state index in [1.54, 1.807) is 0 Å². The van der Waals surface area contributed by atoms with Crippen LogP contribution in [-0.2, 0) is 19.3 Å². The van der Waals surface area contributed by atoms with Crippen LogP contribution < -0.4 is 4.74 Å². The molecule has 0 aliphatic heterocycles. The molecule has 1 heteroatoms. The van der Waals surface area contributed by atoms with Gasteiger partial charge in [-0.25, -0.2) is 0 Å². The molecule has 4 aromatic carbocycles. The quantitative estimate of drug-likeness (QED) is 0.351. The molecule has 1 nitrogen and oxygen atoms in total. The second-order valence-corrected chi connectivity index (χ2v) is 7.37. The molecule has 0 bridgehead atoms. The van der Waals surface area contributed by atoms with Crippen molar-refractivity contribution in [3.05, 3.63) is 144 Å². The van der Waals surface area contributed by atoms with Crippen molar-refractivity contribution in [2.75, 3.05) is 0 Å². The Morgan fingerprint density at radius 2 is 0.862 bits per heavy atom. The zero-order chi connectivity index (χ0) is 19.9. The van der Waals surface area contributed by atoms with Gasteiger partial charge in [0.1, 0.15) is 12.9 Å². The van der Waals surface area contributed by atoms with Crippen molar-refractivity contribution in [3.8, 4) is 5.75 Å². The van der Waals surface area contributed by atoms with E-state index in [0.717, 1.165) is 25.0 Å². The maximum Gasteiger partial charge on any atom is 0.126 e. The van der Waals surface area contributed by atoms with Crippen LogP contribution in [-0.4, -0.2) is 0 Å². The van der Waals surface area contributed by atoms with Crippen LogP contribution in [0, 0.1) is 7.11 Å². The first-order valence-corrected chi connectivity index (χ1v) is 10.0. The van der Waals surface area contributed by atoms with E-state index in [0.29, 0.717) is 0 Å². The molecule has 0 amide bonds. The summed E-state index contributed by atoms with van der Waals surface area (Å²) in [5, 5.41) is 0. The van der Waals surface area contributed by atoms with Gasteiger partial charge in [0, 0.05) is 12.8 Å². The Labute approximate surface area is 173 Å². The maximum absolute atomic E-state index is 5.68. The van der Waals surface area contributed by atoms with Crippen LogP contribution >= 0.6 is 0 Å². The molecule has 0 spiro atoms. The van der Waals surface area contributed by atoms with Crippen LogP contribution in [0.3, 0.4) is 0 Å². The summed E-state index contributed by atoms with van der Waals surface area (Å²) >= 11 is 0. The van der Waals surface area contributed by atoms with Gasteiger partial charge in [-0.1, -0.05) is 103 Å². The van der Waals surface area contributed by atoms with E-state index >= 15 is 0 Å². The van der Waals surface area contributed by atoms with E-state index in [1.165, 1.54) is 33.4 Å². The fraction of sp³-hybridized carbons (Fsp3) is 0.107. The molecule has 0 aromatic heterocycles. The summed E-state index contributed by atoms with van der Waals surface area (Å²) in [4.78, 5) is 0. The smallest absolute Gasteiger partial charge is 0.126 e. The number of rotatable bonds is 7. The summed E-state index contributed by atoms with van der Waals surface area (Å²) in [6.07, 6.45) is 2.56. The Morgan fingerprint density at radius 1 is 0.483 bits per heavy atom. The number of benzene rings is 4. The number of hydrogen-bond donors (Lipinski definition) is 0. The highest BCUT2D eigenvalue weighted by atomic mass is 16.5. The third-order valence-corrected chi connectivity index (χ3v) is 5.17. The third kappa shape index (κ3) is 4.94. The molecule has 4 rings (SSSR count). The van der Waals surface area contributed by atoms with Crippen LogP contribution in [0.5, 0.6) is 5.75 Å². The average Bonchev–Trinajstić information content (AvgIpc) is 2.76. The zero-order valence-electron chi connectivity index (χ0n) is 16.6. The van der Waals surface area contributed by atoms with Gasteiger partial charge >= 0.3 is 0 Å². The van der Waals surface area contributed by atoms with Crippen molar-refractivity contribution in [2.45, 2.75) is 19.3 Å². The van der Waals surface area contributed by atoms with Crippen molar-refractivity contribution in [2.24, 2.45) is 0 Å². The monoisotopic (exact) mass is 377 g/mol. The lowest BCUT2D eigenvalue weighted by atomic mass is 9.92. The van der Waals surface area contributed by atoms with E-state index in [-0.39, 0.29) is 0 Å². The van der Waals surface area contributed by atoms with Gasteiger partial charge in [-0.15, -0.1) is 0 Å².